The molecule has 0 spiro atoms. The predicted molar refractivity (Wildman–Crippen MR) is 153 cm³/mol. The normalized spacial score (nSPS) is 17.3. The van der Waals surface area contributed by atoms with Crippen LogP contribution >= 0.6 is 0 Å². The van der Waals surface area contributed by atoms with Crippen LogP contribution in [0.25, 0.3) is 0 Å². The van der Waals surface area contributed by atoms with Gasteiger partial charge in [0.05, 0.1) is 12.6 Å². The number of aryl methyl sites for hydroxylation is 2. The zero-order valence-corrected chi connectivity index (χ0v) is 23.9. The lowest BCUT2D eigenvalue weighted by Gasteiger charge is -2.34. The average molecular weight is 570 g/mol. The highest BCUT2D eigenvalue weighted by molar-refractivity contribution is 5.94. The molecule has 3 amide bonds. The number of likely N-dealkylation sites (tertiary alicyclic amines) is 1. The Morgan fingerprint density at radius 2 is 1.69 bits per heavy atom. The first-order valence-electron chi connectivity index (χ1n) is 14.3. The summed E-state index contributed by atoms with van der Waals surface area (Å²) in [5.41, 5.74) is 14.7. The number of fused-ring (bicyclic) bond motifs is 2. The Morgan fingerprint density at radius 1 is 1.07 bits per heavy atom. The molecule has 11 heteroatoms. The predicted octanol–water partition coefficient (Wildman–Crippen LogP) is 2.32. The summed E-state index contributed by atoms with van der Waals surface area (Å²) in [7, 11) is 0. The van der Waals surface area contributed by atoms with Gasteiger partial charge in [0, 0.05) is 23.6 Å². The van der Waals surface area contributed by atoms with E-state index in [0.29, 0.717) is 61.7 Å². The van der Waals surface area contributed by atoms with Gasteiger partial charge in [-0.3, -0.25) is 14.4 Å². The molecule has 1 aliphatic heterocycles. The number of hydrogen-bond acceptors (Lipinski definition) is 8. The third-order valence-electron chi connectivity index (χ3n) is 8.34. The molecule has 1 aliphatic carbocycles. The summed E-state index contributed by atoms with van der Waals surface area (Å²) in [6.07, 6.45) is 3.09. The van der Waals surface area contributed by atoms with Crippen LogP contribution in [-0.2, 0) is 23.1 Å². The number of hydrogen-bond donors (Lipinski definition) is 3. The third-order valence-corrected chi connectivity index (χ3v) is 8.34. The molecular formula is C31H35N7O4. The van der Waals surface area contributed by atoms with Crippen LogP contribution in [0.5, 0.6) is 0 Å². The highest BCUT2D eigenvalue weighted by Gasteiger charge is 2.45. The van der Waals surface area contributed by atoms with Gasteiger partial charge < -0.3 is 26.1 Å². The fourth-order valence-electron chi connectivity index (χ4n) is 6.17. The fourth-order valence-corrected chi connectivity index (χ4v) is 6.17. The molecule has 5 N–H and O–H groups in total. The number of primary amides is 2. The number of nitrogens with one attached hydrogen (secondary N) is 1. The Bertz CT molecular complexity index is 1510. The van der Waals surface area contributed by atoms with Gasteiger partial charge in [0.25, 0.3) is 0 Å². The van der Waals surface area contributed by atoms with Crippen LogP contribution in [0.2, 0.25) is 0 Å². The van der Waals surface area contributed by atoms with Crippen molar-refractivity contribution in [3.8, 4) is 6.07 Å². The van der Waals surface area contributed by atoms with E-state index in [2.05, 4.69) is 21.6 Å². The van der Waals surface area contributed by atoms with E-state index in [9.17, 15) is 19.6 Å². The molecule has 42 heavy (non-hydrogen) atoms. The van der Waals surface area contributed by atoms with E-state index < -0.39 is 23.3 Å². The van der Waals surface area contributed by atoms with Crippen LogP contribution in [0.15, 0.2) is 40.8 Å². The molecular weight excluding hydrogens is 534 g/mol. The minimum Gasteiger partial charge on any atom is -0.424 e. The second kappa shape index (κ2) is 11.7. The van der Waals surface area contributed by atoms with Gasteiger partial charge in [-0.1, -0.05) is 26.0 Å². The van der Waals surface area contributed by atoms with E-state index in [1.165, 1.54) is 0 Å². The third kappa shape index (κ3) is 5.25. The minimum absolute atomic E-state index is 0.00761. The Balaban J connectivity index is 1.60. The molecule has 3 aromatic rings. The molecule has 0 radical (unpaired) electrons. The number of benzene rings is 2. The van der Waals surface area contributed by atoms with Gasteiger partial charge in [0.2, 0.25) is 29.5 Å². The van der Waals surface area contributed by atoms with Gasteiger partial charge in [0.1, 0.15) is 11.5 Å². The highest BCUT2D eigenvalue weighted by Crippen LogP contribution is 2.47. The largest absolute Gasteiger partial charge is 0.424 e. The number of nitriles is 1. The summed E-state index contributed by atoms with van der Waals surface area (Å²) in [5, 5.41) is 21.6. The van der Waals surface area contributed by atoms with Gasteiger partial charge in [-0.15, -0.1) is 10.2 Å². The number of aromatic nitrogens is 2. The van der Waals surface area contributed by atoms with Crippen molar-refractivity contribution in [3.63, 3.8) is 0 Å². The van der Waals surface area contributed by atoms with Crippen molar-refractivity contribution >= 4 is 17.7 Å². The average Bonchev–Trinajstić information content (AvgIpc) is 3.64. The quantitative estimate of drug-likeness (QED) is 0.328. The van der Waals surface area contributed by atoms with Crippen molar-refractivity contribution in [2.24, 2.45) is 11.5 Å². The van der Waals surface area contributed by atoms with Crippen molar-refractivity contribution < 1.29 is 18.8 Å². The number of nitrogens with two attached hydrogens (primary N) is 2. The summed E-state index contributed by atoms with van der Waals surface area (Å²) in [6, 6.07) is 12.6. The van der Waals surface area contributed by atoms with E-state index in [1.54, 1.807) is 29.2 Å². The molecule has 2 heterocycles. The maximum atomic E-state index is 12.9. The zero-order chi connectivity index (χ0) is 30.0. The van der Waals surface area contributed by atoms with Crippen LogP contribution in [0.3, 0.4) is 0 Å². The van der Waals surface area contributed by atoms with Crippen LogP contribution < -0.4 is 16.8 Å². The molecule has 1 unspecified atom stereocenters. The lowest BCUT2D eigenvalue weighted by atomic mass is 9.69. The lowest BCUT2D eigenvalue weighted by molar-refractivity contribution is -0.130. The van der Waals surface area contributed by atoms with Crippen LogP contribution in [0.4, 0.5) is 0 Å². The van der Waals surface area contributed by atoms with E-state index in [4.69, 9.17) is 15.9 Å². The van der Waals surface area contributed by atoms with Crippen molar-refractivity contribution in [2.75, 3.05) is 19.6 Å². The second-order valence-electron chi connectivity index (χ2n) is 11.3. The summed E-state index contributed by atoms with van der Waals surface area (Å²) >= 11 is 0. The molecule has 1 aromatic heterocycles. The van der Waals surface area contributed by atoms with Crippen molar-refractivity contribution in [1.82, 2.24) is 20.4 Å². The van der Waals surface area contributed by atoms with Crippen LogP contribution in [0, 0.1) is 11.3 Å². The molecule has 11 nitrogen and oxygen atoms in total. The van der Waals surface area contributed by atoms with Gasteiger partial charge in [-0.05, 0) is 85.2 Å². The zero-order valence-electron chi connectivity index (χ0n) is 23.9. The first-order chi connectivity index (χ1) is 20.1. The van der Waals surface area contributed by atoms with Crippen molar-refractivity contribution in [2.45, 2.75) is 63.3 Å². The smallest absolute Gasteiger partial charge is 0.248 e. The number of nitrogens with zero attached hydrogens (tertiary/aromatic N) is 4. The maximum Gasteiger partial charge on any atom is 0.248 e. The summed E-state index contributed by atoms with van der Waals surface area (Å²) < 4.78 is 6.36. The standard InChI is InChI=1S/C31H35N7O4/c1-18(2)29-36-37-30(42-29)31(11-12-35-17-26(39)38-13-3-4-23(38)16-32)24-9-7-21(27(33)40)14-19(24)5-6-20-15-22(28(34)41)8-10-25(20)31/h7-10,14-15,18,23,35H,3-6,11-13,17H2,1-2H3,(H2,33,40)(H2,34,41). The number of carbonyl (C=O) groups excluding carboxylic acids is 3. The van der Waals surface area contributed by atoms with Gasteiger partial charge >= 0.3 is 0 Å². The van der Waals surface area contributed by atoms with E-state index in [-0.39, 0.29) is 18.4 Å². The Morgan fingerprint density at radius 3 is 2.21 bits per heavy atom. The molecule has 0 bridgehead atoms. The van der Waals surface area contributed by atoms with Gasteiger partial charge in [0.15, 0.2) is 0 Å². The van der Waals surface area contributed by atoms with Crippen molar-refractivity contribution in [3.05, 3.63) is 81.6 Å². The van der Waals surface area contributed by atoms with E-state index in [0.717, 1.165) is 28.7 Å². The van der Waals surface area contributed by atoms with Gasteiger partial charge in [-0.25, -0.2) is 0 Å². The molecule has 218 valence electrons. The van der Waals surface area contributed by atoms with E-state index >= 15 is 0 Å². The molecule has 2 aliphatic rings. The highest BCUT2D eigenvalue weighted by atomic mass is 16.4. The maximum absolute atomic E-state index is 12.9. The van der Waals surface area contributed by atoms with E-state index in [1.807, 2.05) is 26.0 Å². The Hall–Kier alpha value is -4.56. The SMILES string of the molecule is CC(C)c1nnc(C2(CCNCC(=O)N3CCCC3C#N)c3ccc(C(N)=O)cc3CCc3cc(C(N)=O)ccc32)o1. The molecule has 1 atom stereocenters. The number of carbonyl (C=O) groups is 3. The molecule has 1 saturated heterocycles. The summed E-state index contributed by atoms with van der Waals surface area (Å²) in [4.78, 5) is 38.8. The lowest BCUT2D eigenvalue weighted by Crippen LogP contribution is -2.42. The number of amides is 3. The first-order valence-corrected chi connectivity index (χ1v) is 14.3. The molecule has 1 fully saturated rings. The Kier molecular flexibility index (Phi) is 8.09. The molecule has 0 saturated carbocycles. The first kappa shape index (κ1) is 29.0. The fraction of sp³-hybridized carbons (Fsp3) is 0.419. The minimum atomic E-state index is -0.966. The molecule has 2 aromatic carbocycles. The summed E-state index contributed by atoms with van der Waals surface area (Å²) in [5.74, 6) is -0.318. The topological polar surface area (TPSA) is 181 Å². The van der Waals surface area contributed by atoms with Crippen LogP contribution in [0.1, 0.15) is 93.8 Å². The summed E-state index contributed by atoms with van der Waals surface area (Å²) in [6.45, 7) is 4.99. The van der Waals surface area contributed by atoms with Crippen molar-refractivity contribution in [1.29, 1.82) is 5.26 Å². The second-order valence-corrected chi connectivity index (χ2v) is 11.3. The number of rotatable bonds is 9. The molecule has 5 rings (SSSR count). The monoisotopic (exact) mass is 569 g/mol. The van der Waals surface area contributed by atoms with Gasteiger partial charge in [-0.2, -0.15) is 5.26 Å². The van der Waals surface area contributed by atoms with Crippen LogP contribution in [-0.4, -0.2) is 58.5 Å². The Labute approximate surface area is 244 Å².